The first-order valence-electron chi connectivity index (χ1n) is 8.03. The topological polar surface area (TPSA) is 58.6 Å². The second kappa shape index (κ2) is 6.89. The molecule has 2 fully saturated rings. The molecule has 23 heavy (non-hydrogen) atoms. The Bertz CT molecular complexity index is 620. The lowest BCUT2D eigenvalue weighted by atomic mass is 9.97. The van der Waals surface area contributed by atoms with Crippen LogP contribution in [0, 0.1) is 6.92 Å². The molecule has 1 N–H and O–H groups in total. The van der Waals surface area contributed by atoms with Crippen LogP contribution in [0.1, 0.15) is 31.2 Å². The highest BCUT2D eigenvalue weighted by Crippen LogP contribution is 2.27. The second-order valence-corrected chi connectivity index (χ2v) is 6.61. The highest BCUT2D eigenvalue weighted by Gasteiger charge is 2.40. The molecule has 2 atom stereocenters. The molecule has 3 rings (SSSR count). The minimum Gasteiger partial charge on any atom is -0.463 e. The molecular formula is C17H21ClN2O3. The molecule has 0 aromatic heterocycles. The highest BCUT2D eigenvalue weighted by molar-refractivity contribution is 6.31. The van der Waals surface area contributed by atoms with Crippen molar-refractivity contribution in [1.82, 2.24) is 4.90 Å². The van der Waals surface area contributed by atoms with Gasteiger partial charge in [-0.15, -0.1) is 0 Å². The molecule has 2 heterocycles. The largest absolute Gasteiger partial charge is 0.463 e. The molecular weight excluding hydrogens is 316 g/mol. The van der Waals surface area contributed by atoms with Crippen molar-refractivity contribution in [2.24, 2.45) is 0 Å². The molecule has 1 aromatic carbocycles. The predicted molar refractivity (Wildman–Crippen MR) is 88.5 cm³/mol. The molecule has 0 saturated carbocycles. The number of carbonyl (C=O) groups excluding carboxylic acids is 2. The van der Waals surface area contributed by atoms with Crippen molar-refractivity contribution >= 4 is 29.2 Å². The number of anilines is 1. The van der Waals surface area contributed by atoms with Crippen molar-refractivity contribution in [3.05, 3.63) is 28.8 Å². The number of ether oxygens (including phenoxy) is 1. The number of morpholine rings is 1. The van der Waals surface area contributed by atoms with E-state index < -0.39 is 6.04 Å². The highest BCUT2D eigenvalue weighted by atomic mass is 35.5. The lowest BCUT2D eigenvalue weighted by Gasteiger charge is -2.43. The fourth-order valence-corrected chi connectivity index (χ4v) is 3.52. The summed E-state index contributed by atoms with van der Waals surface area (Å²) in [6.45, 7) is 3.16. The molecule has 2 saturated heterocycles. The number of amides is 1. The smallest absolute Gasteiger partial charge is 0.323 e. The van der Waals surface area contributed by atoms with Crippen molar-refractivity contribution in [2.75, 3.05) is 18.5 Å². The number of carbonyl (C=O) groups is 2. The number of halogens is 1. The van der Waals surface area contributed by atoms with Crippen LogP contribution < -0.4 is 5.32 Å². The van der Waals surface area contributed by atoms with Gasteiger partial charge in [-0.3, -0.25) is 14.5 Å². The van der Waals surface area contributed by atoms with Crippen molar-refractivity contribution in [1.29, 1.82) is 0 Å². The van der Waals surface area contributed by atoms with E-state index in [2.05, 4.69) is 10.2 Å². The molecule has 0 unspecified atom stereocenters. The Labute approximate surface area is 140 Å². The van der Waals surface area contributed by atoms with Crippen molar-refractivity contribution in [3.63, 3.8) is 0 Å². The lowest BCUT2D eigenvalue weighted by Crippen LogP contribution is -2.57. The zero-order chi connectivity index (χ0) is 16.4. The molecule has 2 aliphatic rings. The number of benzene rings is 1. The van der Waals surface area contributed by atoms with Gasteiger partial charge in [-0.1, -0.05) is 24.1 Å². The lowest BCUT2D eigenvalue weighted by molar-refractivity contribution is -0.165. The summed E-state index contributed by atoms with van der Waals surface area (Å²) in [7, 11) is 0. The first-order valence-corrected chi connectivity index (χ1v) is 8.41. The van der Waals surface area contributed by atoms with Gasteiger partial charge in [0.2, 0.25) is 5.91 Å². The third-order valence-electron chi connectivity index (χ3n) is 4.68. The summed E-state index contributed by atoms with van der Waals surface area (Å²) >= 11 is 6.07. The molecule has 1 aromatic rings. The number of fused-ring (bicyclic) bond motifs is 1. The van der Waals surface area contributed by atoms with E-state index in [1.165, 1.54) is 0 Å². The minimum absolute atomic E-state index is 0.112. The molecule has 0 bridgehead atoms. The SMILES string of the molecule is Cc1c(Cl)cccc1NC(=O)C[C@H]1C(=O)OC[C@@H]2CCCCN21. The number of esters is 1. The fourth-order valence-electron chi connectivity index (χ4n) is 3.34. The zero-order valence-electron chi connectivity index (χ0n) is 13.2. The van der Waals surface area contributed by atoms with Crippen molar-refractivity contribution in [3.8, 4) is 0 Å². The van der Waals surface area contributed by atoms with Gasteiger partial charge in [0.05, 0.1) is 6.42 Å². The number of nitrogens with one attached hydrogen (secondary N) is 1. The summed E-state index contributed by atoms with van der Waals surface area (Å²) < 4.78 is 5.27. The number of hydrogen-bond donors (Lipinski definition) is 1. The van der Waals surface area contributed by atoms with Crippen molar-refractivity contribution < 1.29 is 14.3 Å². The number of rotatable bonds is 3. The van der Waals surface area contributed by atoms with Crippen LogP contribution >= 0.6 is 11.6 Å². The van der Waals surface area contributed by atoms with Crippen LogP contribution in [-0.2, 0) is 14.3 Å². The molecule has 1 amide bonds. The Morgan fingerprint density at radius 3 is 3.09 bits per heavy atom. The van der Waals surface area contributed by atoms with E-state index in [4.69, 9.17) is 16.3 Å². The molecule has 5 nitrogen and oxygen atoms in total. The first kappa shape index (κ1) is 16.3. The fraction of sp³-hybridized carbons (Fsp3) is 0.529. The normalized spacial score (nSPS) is 24.7. The van der Waals surface area contributed by atoms with E-state index in [0.717, 1.165) is 31.4 Å². The summed E-state index contributed by atoms with van der Waals surface area (Å²) in [5.74, 6) is -0.482. The van der Waals surface area contributed by atoms with E-state index in [9.17, 15) is 9.59 Å². The van der Waals surface area contributed by atoms with Gasteiger partial charge in [0, 0.05) is 16.8 Å². The van der Waals surface area contributed by atoms with Gasteiger partial charge in [-0.05, 0) is 44.0 Å². The Balaban J connectivity index is 1.68. The van der Waals surface area contributed by atoms with Crippen LogP contribution in [0.3, 0.4) is 0 Å². The average Bonchev–Trinajstić information content (AvgIpc) is 2.54. The quantitative estimate of drug-likeness (QED) is 0.862. The number of cyclic esters (lactones) is 1. The number of piperidine rings is 1. The van der Waals surface area contributed by atoms with Crippen LogP contribution in [0.4, 0.5) is 5.69 Å². The third-order valence-corrected chi connectivity index (χ3v) is 5.09. The maximum Gasteiger partial charge on any atom is 0.323 e. The monoisotopic (exact) mass is 336 g/mol. The summed E-state index contributed by atoms with van der Waals surface area (Å²) in [5.41, 5.74) is 1.51. The van der Waals surface area contributed by atoms with E-state index in [1.54, 1.807) is 12.1 Å². The van der Waals surface area contributed by atoms with Gasteiger partial charge in [0.1, 0.15) is 12.6 Å². The van der Waals surface area contributed by atoms with Gasteiger partial charge in [0.25, 0.3) is 0 Å². The molecule has 0 radical (unpaired) electrons. The standard InChI is InChI=1S/C17H21ClN2O3/c1-11-13(18)6-4-7-14(11)19-16(21)9-15-17(22)23-10-12-5-2-3-8-20(12)15/h4,6-7,12,15H,2-3,5,8-10H2,1H3,(H,19,21)/t12-,15-/m0/s1. The second-order valence-electron chi connectivity index (χ2n) is 6.20. The summed E-state index contributed by atoms with van der Waals surface area (Å²) in [5, 5.41) is 3.46. The first-order chi connectivity index (χ1) is 11.1. The Kier molecular flexibility index (Phi) is 4.87. The van der Waals surface area contributed by atoms with Crippen LogP contribution in [-0.4, -0.2) is 42.0 Å². The van der Waals surface area contributed by atoms with Gasteiger partial charge in [0.15, 0.2) is 0 Å². The summed E-state index contributed by atoms with van der Waals surface area (Å²) in [6.07, 6.45) is 3.36. The predicted octanol–water partition coefficient (Wildman–Crippen LogP) is 2.76. The molecule has 0 spiro atoms. The van der Waals surface area contributed by atoms with E-state index in [0.29, 0.717) is 17.3 Å². The van der Waals surface area contributed by atoms with Gasteiger partial charge in [-0.2, -0.15) is 0 Å². The molecule has 124 valence electrons. The van der Waals surface area contributed by atoms with Crippen LogP contribution in [0.2, 0.25) is 5.02 Å². The van der Waals surface area contributed by atoms with Crippen LogP contribution in [0.25, 0.3) is 0 Å². The summed E-state index contributed by atoms with van der Waals surface area (Å²) in [4.78, 5) is 26.6. The summed E-state index contributed by atoms with van der Waals surface area (Å²) in [6, 6.07) is 5.16. The van der Waals surface area contributed by atoms with E-state index in [1.807, 2.05) is 13.0 Å². The minimum atomic E-state index is -0.478. The van der Waals surface area contributed by atoms with Crippen LogP contribution in [0.5, 0.6) is 0 Å². The van der Waals surface area contributed by atoms with Crippen LogP contribution in [0.15, 0.2) is 18.2 Å². The Morgan fingerprint density at radius 1 is 1.43 bits per heavy atom. The molecule has 2 aliphatic heterocycles. The van der Waals surface area contributed by atoms with Gasteiger partial charge >= 0.3 is 5.97 Å². The van der Waals surface area contributed by atoms with E-state index in [-0.39, 0.29) is 24.3 Å². The number of nitrogens with zero attached hydrogens (tertiary/aromatic N) is 1. The van der Waals surface area contributed by atoms with Crippen molar-refractivity contribution in [2.45, 2.75) is 44.7 Å². The molecule has 6 heteroatoms. The van der Waals surface area contributed by atoms with Gasteiger partial charge < -0.3 is 10.1 Å². The zero-order valence-corrected chi connectivity index (χ0v) is 13.9. The Morgan fingerprint density at radius 2 is 2.26 bits per heavy atom. The average molecular weight is 337 g/mol. The number of hydrogen-bond acceptors (Lipinski definition) is 4. The third kappa shape index (κ3) is 3.51. The van der Waals surface area contributed by atoms with E-state index >= 15 is 0 Å². The van der Waals surface area contributed by atoms with Gasteiger partial charge in [-0.25, -0.2) is 0 Å². The maximum absolute atomic E-state index is 12.4. The molecule has 0 aliphatic carbocycles. The maximum atomic E-state index is 12.4. The Hall–Kier alpha value is -1.59.